The van der Waals surface area contributed by atoms with Crippen LogP contribution < -0.4 is 4.74 Å². The first kappa shape index (κ1) is 11.3. The van der Waals surface area contributed by atoms with Gasteiger partial charge >= 0.3 is 5.97 Å². The number of carboxylic acids is 1. The van der Waals surface area contributed by atoms with E-state index in [9.17, 15) is 4.79 Å². The van der Waals surface area contributed by atoms with Crippen LogP contribution in [0, 0.1) is 10.5 Å². The van der Waals surface area contributed by atoms with Crippen LogP contribution in [0.4, 0.5) is 0 Å². The Balaban J connectivity index is 2.81. The highest BCUT2D eigenvalue weighted by atomic mass is 127. The summed E-state index contributed by atoms with van der Waals surface area (Å²) in [5, 5.41) is 9.76. The number of hydrogen-bond donors (Lipinski definition) is 1. The largest absolute Gasteiger partial charge is 0.496 e. The summed E-state index contributed by atoms with van der Waals surface area (Å²) in [6, 6.07) is 3.61. The van der Waals surface area contributed by atoms with Crippen molar-refractivity contribution in [3.05, 3.63) is 27.0 Å². The van der Waals surface area contributed by atoms with Crippen LogP contribution in [0.3, 0.4) is 0 Å². The first-order valence-corrected chi connectivity index (χ1v) is 5.63. The van der Waals surface area contributed by atoms with Gasteiger partial charge in [-0.2, -0.15) is 0 Å². The minimum absolute atomic E-state index is 0.0128. The molecule has 1 N–H and O–H groups in total. The lowest BCUT2D eigenvalue weighted by atomic mass is 10.1. The molecule has 0 atom stereocenters. The molecule has 2 rings (SSSR count). The van der Waals surface area contributed by atoms with E-state index in [1.54, 1.807) is 20.1 Å². The minimum atomic E-state index is -1.05. The van der Waals surface area contributed by atoms with Gasteiger partial charge in [0.25, 0.3) is 0 Å². The average molecular weight is 332 g/mol. The van der Waals surface area contributed by atoms with E-state index in [-0.39, 0.29) is 5.76 Å². The Morgan fingerprint density at radius 3 is 2.75 bits per heavy atom. The summed E-state index contributed by atoms with van der Waals surface area (Å²) in [6.45, 7) is 1.73. The number of carboxylic acid groups (broad SMARTS) is 1. The number of aromatic carboxylic acids is 1. The van der Waals surface area contributed by atoms with Crippen molar-refractivity contribution in [1.82, 2.24) is 0 Å². The second-order valence-corrected chi connectivity index (χ2v) is 4.40. The molecule has 84 valence electrons. The standard InChI is InChI=1S/C11H9IO4/c1-5-6-3-4-7(15-2)8(12)10(6)16-9(5)11(13)14/h3-4H,1-2H3,(H,13,14). The molecule has 5 heteroatoms. The van der Waals surface area contributed by atoms with E-state index >= 15 is 0 Å². The van der Waals surface area contributed by atoms with Gasteiger partial charge in [-0.3, -0.25) is 0 Å². The Labute approximate surface area is 105 Å². The molecule has 1 aromatic carbocycles. The molecule has 0 aliphatic carbocycles. The van der Waals surface area contributed by atoms with Crippen LogP contribution in [0.5, 0.6) is 5.75 Å². The number of halogens is 1. The van der Waals surface area contributed by atoms with Gasteiger partial charge < -0.3 is 14.3 Å². The van der Waals surface area contributed by atoms with Crippen LogP contribution in [0.2, 0.25) is 0 Å². The molecule has 1 aromatic heterocycles. The molecule has 0 spiro atoms. The van der Waals surface area contributed by atoms with Crippen molar-refractivity contribution in [3.8, 4) is 5.75 Å². The summed E-state index contributed by atoms with van der Waals surface area (Å²) in [6.07, 6.45) is 0. The van der Waals surface area contributed by atoms with Gasteiger partial charge in [0.2, 0.25) is 5.76 Å². The van der Waals surface area contributed by atoms with Gasteiger partial charge in [-0.05, 0) is 41.6 Å². The molecular weight excluding hydrogens is 323 g/mol. The molecule has 0 fully saturated rings. The first-order chi connectivity index (χ1) is 7.56. The van der Waals surface area contributed by atoms with Crippen molar-refractivity contribution in [2.45, 2.75) is 6.92 Å². The molecule has 16 heavy (non-hydrogen) atoms. The van der Waals surface area contributed by atoms with Crippen LogP contribution in [-0.2, 0) is 0 Å². The van der Waals surface area contributed by atoms with E-state index in [1.165, 1.54) is 0 Å². The Bertz CT molecular complexity index is 571. The predicted molar refractivity (Wildman–Crippen MR) is 67.2 cm³/mol. The Hall–Kier alpha value is -1.24. The molecular formula is C11H9IO4. The van der Waals surface area contributed by atoms with Crippen molar-refractivity contribution in [2.75, 3.05) is 7.11 Å². The summed E-state index contributed by atoms with van der Waals surface area (Å²) < 4.78 is 11.3. The quantitative estimate of drug-likeness (QED) is 0.859. The molecule has 1 heterocycles. The van der Waals surface area contributed by atoms with Crippen LogP contribution in [0.25, 0.3) is 11.0 Å². The van der Waals surface area contributed by atoms with Crippen LogP contribution >= 0.6 is 22.6 Å². The van der Waals surface area contributed by atoms with Crippen molar-refractivity contribution in [3.63, 3.8) is 0 Å². The van der Waals surface area contributed by atoms with Gasteiger partial charge in [0.15, 0.2) is 5.58 Å². The van der Waals surface area contributed by atoms with E-state index in [0.29, 0.717) is 16.9 Å². The number of ether oxygens (including phenoxy) is 1. The number of furan rings is 1. The normalized spacial score (nSPS) is 10.7. The monoisotopic (exact) mass is 332 g/mol. The summed E-state index contributed by atoms with van der Waals surface area (Å²) in [5.41, 5.74) is 1.21. The Morgan fingerprint density at radius 1 is 1.50 bits per heavy atom. The zero-order valence-corrected chi connectivity index (χ0v) is 10.9. The highest BCUT2D eigenvalue weighted by Crippen LogP contribution is 2.34. The third kappa shape index (κ3) is 1.55. The smallest absolute Gasteiger partial charge is 0.372 e. The maximum atomic E-state index is 10.9. The van der Waals surface area contributed by atoms with Crippen molar-refractivity contribution >= 4 is 39.5 Å². The predicted octanol–water partition coefficient (Wildman–Crippen LogP) is 3.05. The number of aryl methyl sites for hydroxylation is 1. The molecule has 0 aliphatic rings. The lowest BCUT2D eigenvalue weighted by Gasteiger charge is -2.02. The van der Waals surface area contributed by atoms with Gasteiger partial charge in [0.05, 0.1) is 10.7 Å². The minimum Gasteiger partial charge on any atom is -0.496 e. The van der Waals surface area contributed by atoms with Crippen LogP contribution in [0.15, 0.2) is 16.5 Å². The van der Waals surface area contributed by atoms with E-state index in [0.717, 1.165) is 8.96 Å². The lowest BCUT2D eigenvalue weighted by Crippen LogP contribution is -1.94. The summed E-state index contributed by atoms with van der Waals surface area (Å²) in [5.74, 6) is -0.386. The highest BCUT2D eigenvalue weighted by Gasteiger charge is 2.19. The van der Waals surface area contributed by atoms with Gasteiger partial charge in [-0.15, -0.1) is 0 Å². The van der Waals surface area contributed by atoms with Crippen molar-refractivity contribution in [2.24, 2.45) is 0 Å². The molecule has 0 bridgehead atoms. The maximum absolute atomic E-state index is 10.9. The molecule has 0 amide bonds. The number of rotatable bonds is 2. The molecule has 0 radical (unpaired) electrons. The van der Waals surface area contributed by atoms with E-state index < -0.39 is 5.97 Å². The van der Waals surface area contributed by atoms with Crippen LogP contribution in [0.1, 0.15) is 16.1 Å². The first-order valence-electron chi connectivity index (χ1n) is 4.55. The molecule has 4 nitrogen and oxygen atoms in total. The SMILES string of the molecule is COc1ccc2c(C)c(C(=O)O)oc2c1I. The number of benzene rings is 1. The molecule has 2 aromatic rings. The maximum Gasteiger partial charge on any atom is 0.372 e. The van der Waals surface area contributed by atoms with Crippen molar-refractivity contribution < 1.29 is 19.1 Å². The lowest BCUT2D eigenvalue weighted by molar-refractivity contribution is 0.0664. The fourth-order valence-electron chi connectivity index (χ4n) is 1.60. The second kappa shape index (κ2) is 3.97. The second-order valence-electron chi connectivity index (χ2n) is 3.32. The number of hydrogen-bond acceptors (Lipinski definition) is 3. The molecule has 0 aliphatic heterocycles. The van der Waals surface area contributed by atoms with Crippen LogP contribution in [-0.4, -0.2) is 18.2 Å². The van der Waals surface area contributed by atoms with Gasteiger partial charge in [-0.1, -0.05) is 0 Å². The summed E-state index contributed by atoms with van der Waals surface area (Å²) in [4.78, 5) is 10.9. The molecule has 0 saturated heterocycles. The average Bonchev–Trinajstić information content (AvgIpc) is 2.58. The number of methoxy groups -OCH3 is 1. The van der Waals surface area contributed by atoms with E-state index in [1.807, 2.05) is 6.07 Å². The zero-order valence-electron chi connectivity index (χ0n) is 8.70. The zero-order chi connectivity index (χ0) is 11.9. The third-order valence-corrected chi connectivity index (χ3v) is 3.45. The van der Waals surface area contributed by atoms with Gasteiger partial charge in [-0.25, -0.2) is 4.79 Å². The van der Waals surface area contributed by atoms with Gasteiger partial charge in [0.1, 0.15) is 5.75 Å². The van der Waals surface area contributed by atoms with Gasteiger partial charge in [0, 0.05) is 10.9 Å². The summed E-state index contributed by atoms with van der Waals surface area (Å²) >= 11 is 2.08. The molecule has 0 unspecified atom stereocenters. The highest BCUT2D eigenvalue weighted by molar-refractivity contribution is 14.1. The van der Waals surface area contributed by atoms with E-state index in [4.69, 9.17) is 14.3 Å². The Kier molecular flexibility index (Phi) is 2.79. The number of carbonyl (C=O) groups is 1. The topological polar surface area (TPSA) is 59.7 Å². The van der Waals surface area contributed by atoms with E-state index in [2.05, 4.69) is 22.6 Å². The fourth-order valence-corrected chi connectivity index (χ4v) is 2.40. The summed E-state index contributed by atoms with van der Waals surface area (Å²) in [7, 11) is 1.57. The Morgan fingerprint density at radius 2 is 2.19 bits per heavy atom. The third-order valence-electron chi connectivity index (χ3n) is 2.42. The fraction of sp³-hybridized carbons (Fsp3) is 0.182. The van der Waals surface area contributed by atoms with Crippen molar-refractivity contribution in [1.29, 1.82) is 0 Å². The number of fused-ring (bicyclic) bond motifs is 1. The molecule has 0 saturated carbocycles.